The Morgan fingerprint density at radius 3 is 3.28 bits per heavy atom. The summed E-state index contributed by atoms with van der Waals surface area (Å²) in [5, 5.41) is 10.6. The molecule has 2 rings (SSSR count). The normalized spacial score (nSPS) is 21.5. The summed E-state index contributed by atoms with van der Waals surface area (Å²) in [5.41, 5.74) is 0.957. The van der Waals surface area contributed by atoms with Gasteiger partial charge < -0.3 is 9.84 Å². The lowest BCUT2D eigenvalue weighted by atomic mass is 10.2. The van der Waals surface area contributed by atoms with Crippen LogP contribution in [0.3, 0.4) is 0 Å². The molecule has 1 N–H and O–H groups in total. The van der Waals surface area contributed by atoms with Gasteiger partial charge in [-0.25, -0.2) is 4.79 Å². The summed E-state index contributed by atoms with van der Waals surface area (Å²) in [7, 11) is 0. The van der Waals surface area contributed by atoms with Gasteiger partial charge >= 0.3 is 5.97 Å². The summed E-state index contributed by atoms with van der Waals surface area (Å²) >= 11 is 1.67. The topological polar surface area (TPSA) is 49.8 Å². The number of hydrogen-bond donors (Lipinski definition) is 1. The van der Waals surface area contributed by atoms with E-state index in [4.69, 9.17) is 9.84 Å². The molecule has 2 heterocycles. The van der Waals surface area contributed by atoms with E-state index in [2.05, 4.69) is 11.8 Å². The molecular formula is C13H17NO3S. The van der Waals surface area contributed by atoms with Crippen LogP contribution in [0.15, 0.2) is 17.5 Å². The average molecular weight is 267 g/mol. The van der Waals surface area contributed by atoms with Gasteiger partial charge in [0.15, 0.2) is 0 Å². The fourth-order valence-electron chi connectivity index (χ4n) is 1.93. The minimum Gasteiger partial charge on any atom is -0.478 e. The standard InChI is InChI=1S/C13H17NO3S/c1-10-8-17-5-4-14(10)7-12-6-11(9-18-12)2-3-13(15)16/h2-3,6,9-10H,4-5,7-8H2,1H3,(H,15,16). The highest BCUT2D eigenvalue weighted by Gasteiger charge is 2.19. The summed E-state index contributed by atoms with van der Waals surface area (Å²) in [6.07, 6.45) is 2.80. The Labute approximate surface area is 110 Å². The van der Waals surface area contributed by atoms with E-state index in [1.165, 1.54) is 11.0 Å². The van der Waals surface area contributed by atoms with Gasteiger partial charge in [0.25, 0.3) is 0 Å². The molecule has 1 aliphatic rings. The maximum Gasteiger partial charge on any atom is 0.328 e. The Bertz CT molecular complexity index is 441. The molecule has 1 saturated heterocycles. The number of thiophene rings is 1. The molecule has 0 amide bonds. The number of carbonyl (C=O) groups is 1. The molecule has 98 valence electrons. The number of rotatable bonds is 4. The predicted molar refractivity (Wildman–Crippen MR) is 71.7 cm³/mol. The van der Waals surface area contributed by atoms with Crippen LogP contribution in [0.4, 0.5) is 0 Å². The van der Waals surface area contributed by atoms with Crippen LogP contribution in [-0.4, -0.2) is 41.8 Å². The van der Waals surface area contributed by atoms with E-state index < -0.39 is 5.97 Å². The SMILES string of the molecule is CC1COCCN1Cc1cc(C=CC(=O)O)cs1. The van der Waals surface area contributed by atoms with E-state index in [9.17, 15) is 4.79 Å². The van der Waals surface area contributed by atoms with Gasteiger partial charge in [-0.1, -0.05) is 0 Å². The maximum atomic E-state index is 10.4. The lowest BCUT2D eigenvalue weighted by molar-refractivity contribution is -0.131. The molecule has 0 radical (unpaired) electrons. The van der Waals surface area contributed by atoms with E-state index in [0.717, 1.165) is 31.9 Å². The van der Waals surface area contributed by atoms with Gasteiger partial charge in [-0.2, -0.15) is 0 Å². The van der Waals surface area contributed by atoms with Crippen molar-refractivity contribution < 1.29 is 14.6 Å². The zero-order valence-corrected chi connectivity index (χ0v) is 11.2. The first-order chi connectivity index (χ1) is 8.65. The van der Waals surface area contributed by atoms with Crippen molar-refractivity contribution in [3.05, 3.63) is 28.0 Å². The van der Waals surface area contributed by atoms with Crippen LogP contribution in [0.2, 0.25) is 0 Å². The average Bonchev–Trinajstić information content (AvgIpc) is 2.77. The Hall–Kier alpha value is -1.17. The second kappa shape index (κ2) is 6.13. The van der Waals surface area contributed by atoms with Gasteiger partial charge in [-0.05, 0) is 30.0 Å². The lowest BCUT2D eigenvalue weighted by Crippen LogP contribution is -2.42. The number of nitrogens with zero attached hydrogens (tertiary/aromatic N) is 1. The van der Waals surface area contributed by atoms with Crippen LogP contribution < -0.4 is 0 Å². The van der Waals surface area contributed by atoms with Crippen molar-refractivity contribution in [2.24, 2.45) is 0 Å². The molecule has 1 aromatic heterocycles. The van der Waals surface area contributed by atoms with E-state index in [1.54, 1.807) is 17.4 Å². The number of ether oxygens (including phenoxy) is 1. The molecule has 1 unspecified atom stereocenters. The number of aliphatic carboxylic acids is 1. The zero-order valence-electron chi connectivity index (χ0n) is 10.3. The zero-order chi connectivity index (χ0) is 13.0. The number of carboxylic acid groups (broad SMARTS) is 1. The van der Waals surface area contributed by atoms with Crippen LogP contribution in [0, 0.1) is 0 Å². The molecule has 1 fully saturated rings. The molecule has 1 aromatic rings. The maximum absolute atomic E-state index is 10.4. The molecule has 0 aliphatic carbocycles. The number of carboxylic acids is 1. The molecule has 1 atom stereocenters. The molecular weight excluding hydrogens is 250 g/mol. The third-order valence-corrected chi connectivity index (χ3v) is 3.90. The van der Waals surface area contributed by atoms with Crippen LogP contribution in [0.1, 0.15) is 17.4 Å². The predicted octanol–water partition coefficient (Wildman–Crippen LogP) is 2.07. The summed E-state index contributed by atoms with van der Waals surface area (Å²) < 4.78 is 5.41. The Morgan fingerprint density at radius 1 is 1.72 bits per heavy atom. The summed E-state index contributed by atoms with van der Waals surface area (Å²) in [4.78, 5) is 14.1. The van der Waals surface area contributed by atoms with Crippen molar-refractivity contribution in [1.29, 1.82) is 0 Å². The van der Waals surface area contributed by atoms with E-state index in [-0.39, 0.29) is 0 Å². The van der Waals surface area contributed by atoms with E-state index >= 15 is 0 Å². The minimum absolute atomic E-state index is 0.443. The Kier molecular flexibility index (Phi) is 4.52. The van der Waals surface area contributed by atoms with Gasteiger partial charge in [0.2, 0.25) is 0 Å². The summed E-state index contributed by atoms with van der Waals surface area (Å²) in [6, 6.07) is 2.49. The monoisotopic (exact) mass is 267 g/mol. The van der Waals surface area contributed by atoms with Gasteiger partial charge in [0, 0.05) is 30.1 Å². The van der Waals surface area contributed by atoms with Crippen molar-refractivity contribution in [3.8, 4) is 0 Å². The molecule has 5 heteroatoms. The van der Waals surface area contributed by atoms with E-state index in [0.29, 0.717) is 6.04 Å². The van der Waals surface area contributed by atoms with Crippen LogP contribution in [0.5, 0.6) is 0 Å². The van der Waals surface area contributed by atoms with Gasteiger partial charge in [-0.15, -0.1) is 11.3 Å². The lowest BCUT2D eigenvalue weighted by Gasteiger charge is -2.32. The van der Waals surface area contributed by atoms with Crippen molar-refractivity contribution >= 4 is 23.4 Å². The van der Waals surface area contributed by atoms with Crippen LogP contribution in [0.25, 0.3) is 6.08 Å². The van der Waals surface area contributed by atoms with Crippen LogP contribution in [-0.2, 0) is 16.1 Å². The highest BCUT2D eigenvalue weighted by atomic mass is 32.1. The van der Waals surface area contributed by atoms with Gasteiger partial charge in [-0.3, -0.25) is 4.90 Å². The van der Waals surface area contributed by atoms with Crippen LogP contribution >= 0.6 is 11.3 Å². The molecule has 1 aliphatic heterocycles. The fraction of sp³-hybridized carbons (Fsp3) is 0.462. The van der Waals surface area contributed by atoms with Gasteiger partial charge in [0.1, 0.15) is 0 Å². The first kappa shape index (κ1) is 13.3. The number of morpholine rings is 1. The second-order valence-corrected chi connectivity index (χ2v) is 5.41. The highest BCUT2D eigenvalue weighted by Crippen LogP contribution is 2.20. The minimum atomic E-state index is -0.912. The van der Waals surface area contributed by atoms with Crippen molar-refractivity contribution in [2.45, 2.75) is 19.5 Å². The Morgan fingerprint density at radius 2 is 2.56 bits per heavy atom. The summed E-state index contributed by atoms with van der Waals surface area (Å²) in [5.74, 6) is -0.912. The smallest absolute Gasteiger partial charge is 0.328 e. The second-order valence-electron chi connectivity index (χ2n) is 4.41. The fourth-order valence-corrected chi connectivity index (χ4v) is 2.81. The first-order valence-electron chi connectivity index (χ1n) is 5.95. The van der Waals surface area contributed by atoms with Crippen molar-refractivity contribution in [3.63, 3.8) is 0 Å². The molecule has 18 heavy (non-hydrogen) atoms. The van der Waals surface area contributed by atoms with Crippen molar-refractivity contribution in [2.75, 3.05) is 19.8 Å². The molecule has 0 spiro atoms. The van der Waals surface area contributed by atoms with E-state index in [1.807, 2.05) is 11.4 Å². The molecule has 0 aromatic carbocycles. The van der Waals surface area contributed by atoms with Gasteiger partial charge in [0.05, 0.1) is 13.2 Å². The molecule has 0 saturated carbocycles. The number of hydrogen-bond acceptors (Lipinski definition) is 4. The Balaban J connectivity index is 1.95. The third-order valence-electron chi connectivity index (χ3n) is 2.96. The third kappa shape index (κ3) is 3.66. The molecule has 4 nitrogen and oxygen atoms in total. The largest absolute Gasteiger partial charge is 0.478 e. The highest BCUT2D eigenvalue weighted by molar-refractivity contribution is 7.10. The molecule has 0 bridgehead atoms. The summed E-state index contributed by atoms with van der Waals surface area (Å²) in [6.45, 7) is 5.62. The van der Waals surface area contributed by atoms with Crippen molar-refractivity contribution in [1.82, 2.24) is 4.90 Å². The quantitative estimate of drug-likeness (QED) is 0.848. The first-order valence-corrected chi connectivity index (χ1v) is 6.83.